The maximum absolute atomic E-state index is 13.7. The van der Waals surface area contributed by atoms with Gasteiger partial charge in [-0.1, -0.05) is 56.5 Å². The summed E-state index contributed by atoms with van der Waals surface area (Å²) in [5.41, 5.74) is 2.09. The fourth-order valence-corrected chi connectivity index (χ4v) is 3.69. The monoisotopic (exact) mass is 491 g/mol. The summed E-state index contributed by atoms with van der Waals surface area (Å²) in [7, 11) is 1.56. The molecule has 7 nitrogen and oxygen atoms in total. The Hall–Kier alpha value is -3.79. The lowest BCUT2D eigenvalue weighted by Gasteiger charge is -2.33. The molecule has 2 N–H and O–H groups in total. The Balaban J connectivity index is 2.43. The number of hydrogen-bond donors (Lipinski definition) is 2. The molecule has 0 saturated carbocycles. The highest BCUT2D eigenvalue weighted by molar-refractivity contribution is 5.99. The number of amides is 3. The number of nitrogens with one attached hydrogen (secondary N) is 2. The Labute approximate surface area is 214 Å². The number of aryl methyl sites for hydroxylation is 1. The van der Waals surface area contributed by atoms with E-state index >= 15 is 0 Å². The van der Waals surface area contributed by atoms with Crippen LogP contribution in [0.25, 0.3) is 0 Å². The molecule has 0 aliphatic rings. The van der Waals surface area contributed by atoms with Crippen LogP contribution in [0, 0.1) is 25.2 Å². The van der Waals surface area contributed by atoms with E-state index in [9.17, 15) is 14.4 Å². The third kappa shape index (κ3) is 7.61. The normalized spacial score (nSPS) is 13.5. The Morgan fingerprint density at radius 3 is 2.22 bits per heavy atom. The van der Waals surface area contributed by atoms with E-state index in [0.717, 1.165) is 5.56 Å². The maximum Gasteiger partial charge on any atom is 0.408 e. The number of hydrogen-bond acceptors (Lipinski definition) is 4. The molecule has 0 radical (unpaired) electrons. The van der Waals surface area contributed by atoms with Gasteiger partial charge in [0, 0.05) is 18.3 Å². The largest absolute Gasteiger partial charge is 0.444 e. The number of likely N-dealkylation sites (N-methyl/N-ethyl adjacent to an activating group) is 1. The van der Waals surface area contributed by atoms with Crippen molar-refractivity contribution in [1.29, 1.82) is 0 Å². The second-order valence-electron chi connectivity index (χ2n) is 9.93. The van der Waals surface area contributed by atoms with Gasteiger partial charge in [0.15, 0.2) is 0 Å². The molecule has 36 heavy (non-hydrogen) atoms. The number of benzene rings is 2. The van der Waals surface area contributed by atoms with Crippen LogP contribution in [-0.4, -0.2) is 41.5 Å². The van der Waals surface area contributed by atoms with Gasteiger partial charge < -0.3 is 20.3 Å². The van der Waals surface area contributed by atoms with E-state index < -0.39 is 29.7 Å². The van der Waals surface area contributed by atoms with E-state index in [4.69, 9.17) is 11.2 Å². The molecule has 2 rings (SSSR count). The Morgan fingerprint density at radius 2 is 1.69 bits per heavy atom. The fourth-order valence-electron chi connectivity index (χ4n) is 3.69. The van der Waals surface area contributed by atoms with Gasteiger partial charge in [-0.2, -0.15) is 0 Å². The van der Waals surface area contributed by atoms with Crippen LogP contribution >= 0.6 is 0 Å². The molecule has 0 aliphatic carbocycles. The molecule has 7 heteroatoms. The number of alkyl carbamates (subject to hydrolysis) is 1. The second kappa shape index (κ2) is 12.3. The lowest BCUT2D eigenvalue weighted by Crippen LogP contribution is -2.53. The summed E-state index contributed by atoms with van der Waals surface area (Å²) in [5.74, 6) is 1.58. The van der Waals surface area contributed by atoms with Crippen molar-refractivity contribution in [2.75, 3.05) is 12.4 Å². The SMILES string of the molecule is C#Cc1ccc(C(C(=O)Nc2ccccc2C)N(C)C(=O)C(NC(=O)OC(C)(C)C)C(C)CC)cc1. The lowest BCUT2D eigenvalue weighted by atomic mass is 9.96. The highest BCUT2D eigenvalue weighted by atomic mass is 16.6. The van der Waals surface area contributed by atoms with Crippen molar-refractivity contribution < 1.29 is 19.1 Å². The summed E-state index contributed by atoms with van der Waals surface area (Å²) in [5, 5.41) is 5.66. The van der Waals surface area contributed by atoms with Crippen LogP contribution in [0.15, 0.2) is 48.5 Å². The molecule has 3 atom stereocenters. The first-order valence-corrected chi connectivity index (χ1v) is 12.1. The summed E-state index contributed by atoms with van der Waals surface area (Å²) in [6, 6.07) is 12.5. The predicted octanol–water partition coefficient (Wildman–Crippen LogP) is 5.05. The molecule has 3 amide bonds. The lowest BCUT2D eigenvalue weighted by molar-refractivity contribution is -0.140. The van der Waals surface area contributed by atoms with Crippen molar-refractivity contribution in [3.8, 4) is 12.3 Å². The van der Waals surface area contributed by atoms with E-state index in [2.05, 4.69) is 16.6 Å². The summed E-state index contributed by atoms with van der Waals surface area (Å²) < 4.78 is 5.38. The highest BCUT2D eigenvalue weighted by Crippen LogP contribution is 2.26. The van der Waals surface area contributed by atoms with Gasteiger partial charge in [0.05, 0.1) is 0 Å². The minimum atomic E-state index is -0.962. The van der Waals surface area contributed by atoms with Crippen LogP contribution in [-0.2, 0) is 14.3 Å². The fraction of sp³-hybridized carbons (Fsp3) is 0.414. The first-order valence-electron chi connectivity index (χ1n) is 12.1. The summed E-state index contributed by atoms with van der Waals surface area (Å²) >= 11 is 0. The van der Waals surface area contributed by atoms with Crippen molar-refractivity contribution >= 4 is 23.6 Å². The zero-order chi connectivity index (χ0) is 27.0. The van der Waals surface area contributed by atoms with Crippen molar-refractivity contribution in [2.24, 2.45) is 5.92 Å². The molecular weight excluding hydrogens is 454 g/mol. The zero-order valence-corrected chi connectivity index (χ0v) is 22.2. The van der Waals surface area contributed by atoms with Gasteiger partial charge in [-0.25, -0.2) is 4.79 Å². The summed E-state index contributed by atoms with van der Waals surface area (Å²) in [4.78, 5) is 41.2. The second-order valence-corrected chi connectivity index (χ2v) is 9.93. The molecule has 2 aromatic rings. The minimum Gasteiger partial charge on any atom is -0.444 e. The number of ether oxygens (including phenoxy) is 1. The van der Waals surface area contributed by atoms with E-state index in [1.54, 1.807) is 58.2 Å². The smallest absolute Gasteiger partial charge is 0.408 e. The van der Waals surface area contributed by atoms with E-state index in [0.29, 0.717) is 23.2 Å². The summed E-state index contributed by atoms with van der Waals surface area (Å²) in [6.45, 7) is 11.0. The first-order chi connectivity index (χ1) is 16.9. The molecule has 0 spiro atoms. The number of carbonyl (C=O) groups is 3. The molecule has 0 heterocycles. The number of carbonyl (C=O) groups excluding carboxylic acids is 3. The number of terminal acetylenes is 1. The van der Waals surface area contributed by atoms with Crippen LogP contribution in [0.1, 0.15) is 63.8 Å². The van der Waals surface area contributed by atoms with Crippen molar-refractivity contribution in [2.45, 2.75) is 65.6 Å². The average molecular weight is 492 g/mol. The number of nitrogens with zero attached hydrogens (tertiary/aromatic N) is 1. The molecule has 192 valence electrons. The quantitative estimate of drug-likeness (QED) is 0.506. The van der Waals surface area contributed by atoms with Gasteiger partial charge in [-0.15, -0.1) is 6.42 Å². The highest BCUT2D eigenvalue weighted by Gasteiger charge is 2.36. The average Bonchev–Trinajstić information content (AvgIpc) is 2.82. The molecule has 0 aliphatic heterocycles. The van der Waals surface area contributed by atoms with Gasteiger partial charge in [0.25, 0.3) is 5.91 Å². The van der Waals surface area contributed by atoms with Crippen molar-refractivity contribution in [1.82, 2.24) is 10.2 Å². The van der Waals surface area contributed by atoms with E-state index in [1.165, 1.54) is 4.90 Å². The van der Waals surface area contributed by atoms with E-state index in [1.807, 2.05) is 39.0 Å². The predicted molar refractivity (Wildman–Crippen MR) is 142 cm³/mol. The van der Waals surface area contributed by atoms with E-state index in [-0.39, 0.29) is 11.8 Å². The maximum atomic E-state index is 13.7. The van der Waals surface area contributed by atoms with Crippen LogP contribution in [0.2, 0.25) is 0 Å². The standard InChI is InChI=1S/C29H37N3O4/c1-9-19(3)24(31-28(35)36-29(5,6)7)27(34)32(8)25(22-17-15-21(10-2)16-18-22)26(33)30-23-14-12-11-13-20(23)4/h2,11-19,24-25H,9H2,1,3-8H3,(H,30,33)(H,31,35). The number of anilines is 1. The van der Waals surface area contributed by atoms with Crippen LogP contribution in [0.4, 0.5) is 10.5 Å². The van der Waals surface area contributed by atoms with Gasteiger partial charge in [0.2, 0.25) is 5.91 Å². The molecule has 0 fully saturated rings. The number of para-hydroxylation sites is 1. The third-order valence-electron chi connectivity index (χ3n) is 5.93. The van der Waals surface area contributed by atoms with Gasteiger partial charge in [0.1, 0.15) is 17.7 Å². The summed E-state index contributed by atoms with van der Waals surface area (Å²) in [6.07, 6.45) is 5.44. The first kappa shape index (κ1) is 28.4. The molecule has 2 aromatic carbocycles. The van der Waals surface area contributed by atoms with Gasteiger partial charge in [-0.05, 0) is 62.9 Å². The van der Waals surface area contributed by atoms with Crippen LogP contribution in [0.3, 0.4) is 0 Å². The third-order valence-corrected chi connectivity index (χ3v) is 5.93. The van der Waals surface area contributed by atoms with Crippen molar-refractivity contribution in [3.05, 3.63) is 65.2 Å². The zero-order valence-electron chi connectivity index (χ0n) is 22.2. The van der Waals surface area contributed by atoms with Crippen molar-refractivity contribution in [3.63, 3.8) is 0 Å². The topological polar surface area (TPSA) is 87.7 Å². The Bertz CT molecular complexity index is 1110. The molecular formula is C29H37N3O4. The molecule has 0 aromatic heterocycles. The van der Waals surface area contributed by atoms with Gasteiger partial charge in [-0.3, -0.25) is 9.59 Å². The molecule has 3 unspecified atom stereocenters. The molecule has 0 saturated heterocycles. The Kier molecular flexibility index (Phi) is 9.68. The number of rotatable bonds is 8. The Morgan fingerprint density at radius 1 is 1.08 bits per heavy atom. The molecule has 0 bridgehead atoms. The van der Waals surface area contributed by atoms with Crippen LogP contribution < -0.4 is 10.6 Å². The minimum absolute atomic E-state index is 0.198. The van der Waals surface area contributed by atoms with Gasteiger partial charge >= 0.3 is 6.09 Å². The van der Waals surface area contributed by atoms with Crippen LogP contribution in [0.5, 0.6) is 0 Å².